The van der Waals surface area contributed by atoms with Crippen LogP contribution in [0.4, 0.5) is 5.69 Å². The normalized spacial score (nSPS) is 18.7. The molecule has 2 rings (SSSR count). The van der Waals surface area contributed by atoms with E-state index in [0.717, 1.165) is 31.4 Å². The SMILES string of the molecule is Cc1cc(C)cc(NCC2(O)CCCC2)c1. The summed E-state index contributed by atoms with van der Waals surface area (Å²) in [4.78, 5) is 0. The molecular weight excluding hydrogens is 198 g/mol. The number of hydrogen-bond acceptors (Lipinski definition) is 2. The summed E-state index contributed by atoms with van der Waals surface area (Å²) in [6.45, 7) is 4.88. The van der Waals surface area contributed by atoms with Gasteiger partial charge < -0.3 is 10.4 Å². The zero-order chi connectivity index (χ0) is 11.6. The summed E-state index contributed by atoms with van der Waals surface area (Å²) in [6, 6.07) is 6.42. The van der Waals surface area contributed by atoms with Crippen LogP contribution in [0, 0.1) is 13.8 Å². The van der Waals surface area contributed by atoms with Crippen LogP contribution in [0.25, 0.3) is 0 Å². The van der Waals surface area contributed by atoms with E-state index >= 15 is 0 Å². The number of anilines is 1. The first-order valence-electron chi connectivity index (χ1n) is 6.12. The molecule has 88 valence electrons. The van der Waals surface area contributed by atoms with Gasteiger partial charge >= 0.3 is 0 Å². The van der Waals surface area contributed by atoms with Gasteiger partial charge in [-0.3, -0.25) is 0 Å². The third-order valence-electron chi connectivity index (χ3n) is 3.38. The van der Waals surface area contributed by atoms with Crippen molar-refractivity contribution in [3.05, 3.63) is 29.3 Å². The minimum absolute atomic E-state index is 0.475. The van der Waals surface area contributed by atoms with Crippen molar-refractivity contribution in [2.45, 2.75) is 45.1 Å². The molecule has 1 aliphatic carbocycles. The van der Waals surface area contributed by atoms with E-state index in [1.165, 1.54) is 11.1 Å². The number of aryl methyl sites for hydroxylation is 2. The van der Waals surface area contributed by atoms with E-state index < -0.39 is 5.60 Å². The topological polar surface area (TPSA) is 32.3 Å². The molecule has 2 heteroatoms. The summed E-state index contributed by atoms with van der Waals surface area (Å²) in [5.74, 6) is 0. The maximum absolute atomic E-state index is 10.2. The van der Waals surface area contributed by atoms with E-state index in [4.69, 9.17) is 0 Å². The Bertz CT molecular complexity index is 347. The quantitative estimate of drug-likeness (QED) is 0.819. The zero-order valence-electron chi connectivity index (χ0n) is 10.2. The maximum Gasteiger partial charge on any atom is 0.0819 e. The Morgan fingerprint density at radius 3 is 2.25 bits per heavy atom. The lowest BCUT2D eigenvalue weighted by Gasteiger charge is -2.23. The van der Waals surface area contributed by atoms with Crippen LogP contribution in [0.1, 0.15) is 36.8 Å². The second kappa shape index (κ2) is 4.46. The molecule has 0 unspecified atom stereocenters. The Morgan fingerprint density at radius 2 is 1.69 bits per heavy atom. The molecule has 0 bridgehead atoms. The van der Waals surface area contributed by atoms with Crippen molar-refractivity contribution in [3.63, 3.8) is 0 Å². The van der Waals surface area contributed by atoms with E-state index in [1.807, 2.05) is 0 Å². The molecule has 0 aromatic heterocycles. The molecule has 0 spiro atoms. The fraction of sp³-hybridized carbons (Fsp3) is 0.571. The van der Waals surface area contributed by atoms with Gasteiger partial charge in [-0.1, -0.05) is 18.9 Å². The van der Waals surface area contributed by atoms with E-state index in [0.29, 0.717) is 6.54 Å². The van der Waals surface area contributed by atoms with Gasteiger partial charge in [0.1, 0.15) is 0 Å². The van der Waals surface area contributed by atoms with Crippen molar-refractivity contribution in [1.82, 2.24) is 0 Å². The molecule has 2 nitrogen and oxygen atoms in total. The van der Waals surface area contributed by atoms with Crippen LogP contribution < -0.4 is 5.32 Å². The summed E-state index contributed by atoms with van der Waals surface area (Å²) < 4.78 is 0. The first-order valence-corrected chi connectivity index (χ1v) is 6.12. The van der Waals surface area contributed by atoms with Crippen molar-refractivity contribution < 1.29 is 5.11 Å². The van der Waals surface area contributed by atoms with Crippen LogP contribution in [-0.2, 0) is 0 Å². The first kappa shape index (κ1) is 11.5. The molecule has 0 heterocycles. The van der Waals surface area contributed by atoms with E-state index in [1.54, 1.807) is 0 Å². The molecule has 1 aromatic carbocycles. The van der Waals surface area contributed by atoms with Gasteiger partial charge in [-0.25, -0.2) is 0 Å². The second-order valence-corrected chi connectivity index (χ2v) is 5.16. The van der Waals surface area contributed by atoms with Crippen molar-refractivity contribution in [2.75, 3.05) is 11.9 Å². The fourth-order valence-electron chi connectivity index (χ4n) is 2.55. The molecule has 0 amide bonds. The lowest BCUT2D eigenvalue weighted by Crippen LogP contribution is -2.33. The zero-order valence-corrected chi connectivity index (χ0v) is 10.2. The van der Waals surface area contributed by atoms with E-state index in [-0.39, 0.29) is 0 Å². The highest BCUT2D eigenvalue weighted by Gasteiger charge is 2.30. The lowest BCUT2D eigenvalue weighted by molar-refractivity contribution is 0.0615. The Morgan fingerprint density at radius 1 is 1.12 bits per heavy atom. The van der Waals surface area contributed by atoms with Crippen molar-refractivity contribution >= 4 is 5.69 Å². The van der Waals surface area contributed by atoms with Crippen LogP contribution >= 0.6 is 0 Å². The van der Waals surface area contributed by atoms with Crippen LogP contribution in [-0.4, -0.2) is 17.3 Å². The summed E-state index contributed by atoms with van der Waals surface area (Å²) in [7, 11) is 0. The summed E-state index contributed by atoms with van der Waals surface area (Å²) >= 11 is 0. The molecular formula is C14H21NO. The second-order valence-electron chi connectivity index (χ2n) is 5.16. The molecule has 0 saturated heterocycles. The highest BCUT2D eigenvalue weighted by Crippen LogP contribution is 2.29. The molecule has 1 fully saturated rings. The van der Waals surface area contributed by atoms with Gasteiger partial charge in [0.05, 0.1) is 5.60 Å². The maximum atomic E-state index is 10.2. The Kier molecular flexibility index (Phi) is 3.20. The predicted molar refractivity (Wildman–Crippen MR) is 67.8 cm³/mol. The van der Waals surface area contributed by atoms with Crippen molar-refractivity contribution in [1.29, 1.82) is 0 Å². The minimum atomic E-state index is -0.475. The van der Waals surface area contributed by atoms with E-state index in [2.05, 4.69) is 37.4 Å². The van der Waals surface area contributed by atoms with Crippen molar-refractivity contribution in [3.8, 4) is 0 Å². The first-order chi connectivity index (χ1) is 7.57. The Balaban J connectivity index is 1.98. The molecule has 1 aliphatic rings. The highest BCUT2D eigenvalue weighted by molar-refractivity contribution is 5.48. The molecule has 2 N–H and O–H groups in total. The Labute approximate surface area is 97.7 Å². The minimum Gasteiger partial charge on any atom is -0.388 e. The number of hydrogen-bond donors (Lipinski definition) is 2. The smallest absolute Gasteiger partial charge is 0.0819 e. The molecule has 1 saturated carbocycles. The highest BCUT2D eigenvalue weighted by atomic mass is 16.3. The van der Waals surface area contributed by atoms with Gasteiger partial charge in [0.2, 0.25) is 0 Å². The molecule has 16 heavy (non-hydrogen) atoms. The average Bonchev–Trinajstić information content (AvgIpc) is 2.62. The van der Waals surface area contributed by atoms with Gasteiger partial charge in [-0.2, -0.15) is 0 Å². The molecule has 0 atom stereocenters. The van der Waals surface area contributed by atoms with Gasteiger partial charge in [0, 0.05) is 12.2 Å². The molecule has 0 radical (unpaired) electrons. The standard InChI is InChI=1S/C14H21NO/c1-11-7-12(2)9-13(8-11)15-10-14(16)5-3-4-6-14/h7-9,15-16H,3-6,10H2,1-2H3. The number of rotatable bonds is 3. The Hall–Kier alpha value is -1.02. The van der Waals surface area contributed by atoms with Crippen LogP contribution in [0.15, 0.2) is 18.2 Å². The fourth-order valence-corrected chi connectivity index (χ4v) is 2.55. The average molecular weight is 219 g/mol. The lowest BCUT2D eigenvalue weighted by atomic mass is 10.0. The monoisotopic (exact) mass is 219 g/mol. The number of benzene rings is 1. The summed E-state index contributed by atoms with van der Waals surface area (Å²) in [5.41, 5.74) is 3.18. The predicted octanol–water partition coefficient (Wildman–Crippen LogP) is 3.02. The van der Waals surface area contributed by atoms with Gasteiger partial charge in [0.25, 0.3) is 0 Å². The largest absolute Gasteiger partial charge is 0.388 e. The third kappa shape index (κ3) is 2.76. The molecule has 1 aromatic rings. The van der Waals surface area contributed by atoms with E-state index in [9.17, 15) is 5.11 Å². The summed E-state index contributed by atoms with van der Waals surface area (Å²) in [5, 5.41) is 13.6. The number of nitrogens with one attached hydrogen (secondary N) is 1. The summed E-state index contributed by atoms with van der Waals surface area (Å²) in [6.07, 6.45) is 4.19. The number of aliphatic hydroxyl groups is 1. The third-order valence-corrected chi connectivity index (χ3v) is 3.38. The van der Waals surface area contributed by atoms with Crippen LogP contribution in [0.5, 0.6) is 0 Å². The van der Waals surface area contributed by atoms with Gasteiger partial charge in [-0.05, 0) is 49.9 Å². The van der Waals surface area contributed by atoms with Crippen LogP contribution in [0.3, 0.4) is 0 Å². The molecule has 0 aliphatic heterocycles. The van der Waals surface area contributed by atoms with Gasteiger partial charge in [-0.15, -0.1) is 0 Å². The van der Waals surface area contributed by atoms with Crippen LogP contribution in [0.2, 0.25) is 0 Å². The van der Waals surface area contributed by atoms with Gasteiger partial charge in [0.15, 0.2) is 0 Å². The van der Waals surface area contributed by atoms with Crippen molar-refractivity contribution in [2.24, 2.45) is 0 Å².